The summed E-state index contributed by atoms with van der Waals surface area (Å²) in [4.78, 5) is 47.0. The van der Waals surface area contributed by atoms with Crippen LogP contribution in [0.1, 0.15) is 70.3 Å². The topological polar surface area (TPSA) is 122 Å². The molecule has 278 valence electrons. The molecule has 1 atom stereocenters. The summed E-state index contributed by atoms with van der Waals surface area (Å²) >= 11 is 0. The zero-order valence-corrected chi connectivity index (χ0v) is 30.3. The number of anilines is 1. The van der Waals surface area contributed by atoms with Crippen molar-refractivity contribution in [3.8, 4) is 23.0 Å². The molecule has 4 fully saturated rings. The van der Waals surface area contributed by atoms with Crippen molar-refractivity contribution in [3.05, 3.63) is 47.9 Å². The minimum absolute atomic E-state index is 0.0526. The third kappa shape index (κ3) is 6.36. The summed E-state index contributed by atoms with van der Waals surface area (Å²) in [6, 6.07) is 9.49. The molecule has 6 aliphatic rings. The smallest absolute Gasteiger partial charge is 0.415 e. The van der Waals surface area contributed by atoms with Gasteiger partial charge in [0.1, 0.15) is 29.4 Å². The Bertz CT molecular complexity index is 2080. The zero-order valence-electron chi connectivity index (χ0n) is 30.3. The fourth-order valence-corrected chi connectivity index (χ4v) is 9.40. The molecule has 0 radical (unpaired) electrons. The number of hydrogen-bond donors (Lipinski definition) is 1. The zero-order chi connectivity index (χ0) is 36.2. The number of halogens is 1. The Kier molecular flexibility index (Phi) is 8.71. The number of piperidine rings is 1. The van der Waals surface area contributed by atoms with Crippen molar-refractivity contribution >= 4 is 39.7 Å². The first-order valence-electron chi connectivity index (χ1n) is 19.2. The van der Waals surface area contributed by atoms with E-state index in [1.807, 2.05) is 31.2 Å². The van der Waals surface area contributed by atoms with E-state index in [4.69, 9.17) is 29.2 Å². The molecular weight excluding hydrogens is 677 g/mol. The van der Waals surface area contributed by atoms with Crippen molar-refractivity contribution in [1.82, 2.24) is 30.1 Å². The van der Waals surface area contributed by atoms with Gasteiger partial charge in [-0.25, -0.2) is 14.0 Å². The van der Waals surface area contributed by atoms with Crippen LogP contribution in [0.2, 0.25) is 0 Å². The molecule has 6 bridgehead atoms. The van der Waals surface area contributed by atoms with Gasteiger partial charge in [0.05, 0.1) is 23.1 Å². The van der Waals surface area contributed by atoms with Gasteiger partial charge in [-0.2, -0.15) is 9.97 Å². The summed E-state index contributed by atoms with van der Waals surface area (Å²) in [5, 5.41) is 5.13. The average Bonchev–Trinajstić information content (AvgIpc) is 3.91. The highest BCUT2D eigenvalue weighted by atomic mass is 19.1. The Hall–Kier alpha value is -4.78. The van der Waals surface area contributed by atoms with Crippen LogP contribution in [0.4, 0.5) is 19.8 Å². The number of amides is 2. The molecule has 2 amide bonds. The van der Waals surface area contributed by atoms with Gasteiger partial charge in [-0.1, -0.05) is 18.2 Å². The van der Waals surface area contributed by atoms with Crippen LogP contribution in [0, 0.1) is 5.82 Å². The van der Waals surface area contributed by atoms with Crippen molar-refractivity contribution in [2.45, 2.75) is 82.2 Å². The summed E-state index contributed by atoms with van der Waals surface area (Å²) in [5.74, 6) is 0.224. The first-order chi connectivity index (χ1) is 25.8. The van der Waals surface area contributed by atoms with E-state index in [1.54, 1.807) is 17.2 Å². The number of carbonyl (C=O) groups is 2. The van der Waals surface area contributed by atoms with Crippen molar-refractivity contribution in [2.75, 3.05) is 57.4 Å². The predicted octanol–water partition coefficient (Wildman–Crippen LogP) is 6.62. The highest BCUT2D eigenvalue weighted by molar-refractivity contribution is 6.02. The van der Waals surface area contributed by atoms with E-state index in [0.717, 1.165) is 80.8 Å². The van der Waals surface area contributed by atoms with Crippen molar-refractivity contribution < 1.29 is 28.2 Å². The Balaban J connectivity index is 1.20. The maximum atomic E-state index is 17.4. The maximum absolute atomic E-state index is 17.4. The lowest BCUT2D eigenvalue weighted by Crippen LogP contribution is -2.57. The average molecular weight is 724 g/mol. The highest BCUT2D eigenvalue weighted by Crippen LogP contribution is 2.42. The van der Waals surface area contributed by atoms with Crippen LogP contribution in [0.3, 0.4) is 0 Å². The van der Waals surface area contributed by atoms with E-state index in [-0.39, 0.29) is 29.4 Å². The molecule has 0 spiro atoms. The lowest BCUT2D eigenvalue weighted by atomic mass is 9.91. The monoisotopic (exact) mass is 723 g/mol. The molecule has 4 saturated heterocycles. The molecule has 6 aliphatic heterocycles. The second kappa shape index (κ2) is 13.6. The molecule has 13 heteroatoms. The number of carbonyl (C=O) groups excluding carboxylic acids is 2. The standard InChI is InChI=1S/C40H46FN7O5/c1-39-12-6-17-47(24-39)35-30-23-42-33(32(41)34(30)43-36(44-35)52-25-40-13-7-18-48(40)19-8-14-40)29-22-28(53-38(50)46-15-2-3-16-46)21-27-10-4-9-26(31(27)29)11-5-20-51-37(49)45-39/h4,9-10,21-23H,2-3,5-8,11-20,24-25H2,1H3,(H,45,49). The van der Waals surface area contributed by atoms with E-state index in [0.29, 0.717) is 68.1 Å². The number of pyridine rings is 1. The molecule has 10 rings (SSSR count). The predicted molar refractivity (Wildman–Crippen MR) is 198 cm³/mol. The number of aryl methyl sites for hydroxylation is 1. The van der Waals surface area contributed by atoms with Crippen molar-refractivity contribution in [2.24, 2.45) is 0 Å². The fourth-order valence-electron chi connectivity index (χ4n) is 9.40. The summed E-state index contributed by atoms with van der Waals surface area (Å²) in [7, 11) is 0. The number of benzene rings is 2. The largest absolute Gasteiger partial charge is 0.461 e. The number of rotatable bonds is 4. The Morgan fingerprint density at radius 3 is 2.64 bits per heavy atom. The van der Waals surface area contributed by atoms with Crippen LogP contribution >= 0.6 is 0 Å². The Morgan fingerprint density at radius 1 is 1.00 bits per heavy atom. The van der Waals surface area contributed by atoms with E-state index < -0.39 is 23.5 Å². The van der Waals surface area contributed by atoms with Crippen LogP contribution < -0.4 is 19.7 Å². The van der Waals surface area contributed by atoms with Crippen LogP contribution in [0.5, 0.6) is 11.8 Å². The third-order valence-electron chi connectivity index (χ3n) is 12.0. The SMILES string of the molecule is CC12CCCN(C1)c1nc(OCC34CCCN3CCC4)nc3c(F)c(ncc13)-c1cc(OC(=O)N3CCCC3)cc3cccc(c13)CCCOC(=O)N2. The third-order valence-corrected chi connectivity index (χ3v) is 12.0. The van der Waals surface area contributed by atoms with Crippen LogP contribution in [-0.4, -0.2) is 100 Å². The summed E-state index contributed by atoms with van der Waals surface area (Å²) in [6.45, 7) is 7.14. The molecule has 4 aromatic rings. The molecule has 0 saturated carbocycles. The molecule has 12 nitrogen and oxygen atoms in total. The molecule has 8 heterocycles. The number of hydrogen-bond acceptors (Lipinski definition) is 10. The highest BCUT2D eigenvalue weighted by Gasteiger charge is 2.45. The Morgan fingerprint density at radius 2 is 1.81 bits per heavy atom. The lowest BCUT2D eigenvalue weighted by molar-refractivity contribution is 0.107. The summed E-state index contributed by atoms with van der Waals surface area (Å²) in [6.07, 6.45) is 9.63. The van der Waals surface area contributed by atoms with E-state index in [9.17, 15) is 9.59 Å². The molecule has 2 aromatic carbocycles. The van der Waals surface area contributed by atoms with E-state index in [2.05, 4.69) is 15.1 Å². The maximum Gasteiger partial charge on any atom is 0.415 e. The van der Waals surface area contributed by atoms with Crippen LogP contribution in [0.15, 0.2) is 36.5 Å². The van der Waals surface area contributed by atoms with Gasteiger partial charge in [-0.15, -0.1) is 0 Å². The number of aromatic nitrogens is 3. The molecule has 2 aromatic heterocycles. The van der Waals surface area contributed by atoms with Gasteiger partial charge >= 0.3 is 18.2 Å². The second-order valence-electron chi connectivity index (χ2n) is 15.7. The van der Waals surface area contributed by atoms with Gasteiger partial charge in [-0.05, 0) is 113 Å². The number of nitrogens with zero attached hydrogens (tertiary/aromatic N) is 6. The summed E-state index contributed by atoms with van der Waals surface area (Å²) in [5.41, 5.74) is 0.971. The quantitative estimate of drug-likeness (QED) is 0.246. The van der Waals surface area contributed by atoms with Crippen molar-refractivity contribution in [3.63, 3.8) is 0 Å². The normalized spacial score (nSPS) is 22.9. The number of nitrogens with one attached hydrogen (secondary N) is 1. The summed E-state index contributed by atoms with van der Waals surface area (Å²) < 4.78 is 35.5. The number of ether oxygens (including phenoxy) is 3. The van der Waals surface area contributed by atoms with Gasteiger partial charge < -0.3 is 29.3 Å². The minimum atomic E-state index is -0.606. The lowest BCUT2D eigenvalue weighted by Gasteiger charge is -2.41. The molecule has 53 heavy (non-hydrogen) atoms. The molecular formula is C40H46FN7O5. The first kappa shape index (κ1) is 34.0. The molecule has 1 N–H and O–H groups in total. The van der Waals surface area contributed by atoms with Gasteiger partial charge in [0, 0.05) is 37.9 Å². The van der Waals surface area contributed by atoms with Gasteiger partial charge in [0.15, 0.2) is 5.82 Å². The molecule has 1 unspecified atom stereocenters. The van der Waals surface area contributed by atoms with E-state index >= 15 is 4.39 Å². The van der Waals surface area contributed by atoms with E-state index in [1.165, 1.54) is 0 Å². The first-order valence-corrected chi connectivity index (χ1v) is 19.2. The van der Waals surface area contributed by atoms with Crippen LogP contribution in [-0.2, 0) is 11.2 Å². The molecule has 0 aliphatic carbocycles. The van der Waals surface area contributed by atoms with Gasteiger partial charge in [-0.3, -0.25) is 9.88 Å². The van der Waals surface area contributed by atoms with Crippen LogP contribution in [0.25, 0.3) is 32.9 Å². The fraction of sp³-hybridized carbons (Fsp3) is 0.525. The Labute approximate surface area is 308 Å². The second-order valence-corrected chi connectivity index (χ2v) is 15.7. The number of alkyl carbamates (subject to hydrolysis) is 1. The van der Waals surface area contributed by atoms with Crippen molar-refractivity contribution in [1.29, 1.82) is 0 Å². The van der Waals surface area contributed by atoms with Gasteiger partial charge in [0.2, 0.25) is 0 Å². The van der Waals surface area contributed by atoms with Gasteiger partial charge in [0.25, 0.3) is 0 Å². The number of fused-ring (bicyclic) bond motifs is 7. The minimum Gasteiger partial charge on any atom is -0.461 e. The number of likely N-dealkylation sites (tertiary alicyclic amines) is 1.